The lowest BCUT2D eigenvalue weighted by Gasteiger charge is -2.08. The van der Waals surface area contributed by atoms with Crippen LogP contribution in [0.3, 0.4) is 0 Å². The largest absolute Gasteiger partial charge is 0.497 e. The highest BCUT2D eigenvalue weighted by Gasteiger charge is 2.14. The molecule has 0 aliphatic carbocycles. The van der Waals surface area contributed by atoms with E-state index in [9.17, 15) is 13.2 Å². The molecule has 0 aliphatic heterocycles. The quantitative estimate of drug-likeness (QED) is 0.703. The van der Waals surface area contributed by atoms with E-state index >= 15 is 0 Å². The third-order valence-electron chi connectivity index (χ3n) is 3.72. The number of carbonyl (C=O) groups excluding carboxylic acids is 1. The molecule has 1 amide bonds. The molecule has 134 valence electrons. The van der Waals surface area contributed by atoms with E-state index in [1.54, 1.807) is 7.11 Å². The highest BCUT2D eigenvalue weighted by Crippen LogP contribution is 2.14. The normalized spacial score (nSPS) is 11.1. The Kier molecular flexibility index (Phi) is 6.55. The van der Waals surface area contributed by atoms with Gasteiger partial charge in [0.25, 0.3) is 5.91 Å². The molecule has 0 aliphatic rings. The maximum absolute atomic E-state index is 12.3. The molecule has 2 aromatic rings. The Labute approximate surface area is 148 Å². The van der Waals surface area contributed by atoms with Gasteiger partial charge in [-0.3, -0.25) is 4.79 Å². The van der Waals surface area contributed by atoms with E-state index in [2.05, 4.69) is 10.0 Å². The summed E-state index contributed by atoms with van der Waals surface area (Å²) in [5.41, 5.74) is 1.51. The molecular formula is C18H22N2O4S. The fourth-order valence-electron chi connectivity index (χ4n) is 2.34. The Hall–Kier alpha value is -2.38. The third kappa shape index (κ3) is 5.30. The first-order valence-electron chi connectivity index (χ1n) is 7.91. The van der Waals surface area contributed by atoms with Crippen molar-refractivity contribution < 1.29 is 17.9 Å². The second-order valence-electron chi connectivity index (χ2n) is 5.46. The summed E-state index contributed by atoms with van der Waals surface area (Å²) in [7, 11) is -0.445. The summed E-state index contributed by atoms with van der Waals surface area (Å²) in [5.74, 6) is 0.532. The minimum absolute atomic E-state index is 0.140. The maximum Gasteiger partial charge on any atom is 0.251 e. The van der Waals surface area contributed by atoms with Crippen LogP contribution in [0.25, 0.3) is 0 Å². The summed E-state index contributed by atoms with van der Waals surface area (Å²) in [6.45, 7) is 0.330. The Morgan fingerprint density at radius 1 is 1.12 bits per heavy atom. The van der Waals surface area contributed by atoms with Gasteiger partial charge in [0.05, 0.1) is 12.0 Å². The van der Waals surface area contributed by atoms with Crippen molar-refractivity contribution in [2.45, 2.75) is 17.7 Å². The smallest absolute Gasteiger partial charge is 0.251 e. The van der Waals surface area contributed by atoms with E-state index in [1.165, 1.54) is 31.3 Å². The molecule has 6 nitrogen and oxygen atoms in total. The van der Waals surface area contributed by atoms with Gasteiger partial charge in [0.1, 0.15) is 5.75 Å². The molecule has 2 rings (SSSR count). The van der Waals surface area contributed by atoms with Crippen LogP contribution in [0.5, 0.6) is 5.75 Å². The van der Waals surface area contributed by atoms with Crippen molar-refractivity contribution in [3.63, 3.8) is 0 Å². The van der Waals surface area contributed by atoms with E-state index in [-0.39, 0.29) is 10.8 Å². The van der Waals surface area contributed by atoms with Crippen molar-refractivity contribution in [2.24, 2.45) is 0 Å². The molecule has 0 aromatic heterocycles. The van der Waals surface area contributed by atoms with E-state index < -0.39 is 10.0 Å². The number of rotatable bonds is 8. The molecule has 0 heterocycles. The lowest BCUT2D eigenvalue weighted by Crippen LogP contribution is -2.25. The van der Waals surface area contributed by atoms with Crippen molar-refractivity contribution in [3.05, 3.63) is 59.7 Å². The van der Waals surface area contributed by atoms with E-state index in [0.717, 1.165) is 17.7 Å². The number of hydrogen-bond acceptors (Lipinski definition) is 4. The minimum Gasteiger partial charge on any atom is -0.497 e. The number of nitrogens with one attached hydrogen (secondary N) is 2. The fourth-order valence-corrected chi connectivity index (χ4v) is 3.41. The Bertz CT molecular complexity index is 817. The molecule has 0 spiro atoms. The predicted molar refractivity (Wildman–Crippen MR) is 96.3 cm³/mol. The molecule has 0 saturated heterocycles. The van der Waals surface area contributed by atoms with E-state index in [4.69, 9.17) is 4.74 Å². The minimum atomic E-state index is -3.58. The molecule has 0 fully saturated rings. The fraction of sp³-hybridized carbons (Fsp3) is 0.278. The lowest BCUT2D eigenvalue weighted by atomic mass is 10.1. The van der Waals surface area contributed by atoms with Crippen molar-refractivity contribution in [2.75, 3.05) is 20.7 Å². The van der Waals surface area contributed by atoms with Crippen LogP contribution in [0.4, 0.5) is 0 Å². The summed E-state index contributed by atoms with van der Waals surface area (Å²) < 4.78 is 32.3. The predicted octanol–water partition coefficient (Wildman–Crippen LogP) is 1.97. The monoisotopic (exact) mass is 362 g/mol. The van der Waals surface area contributed by atoms with Gasteiger partial charge < -0.3 is 10.1 Å². The Balaban J connectivity index is 1.89. The van der Waals surface area contributed by atoms with Crippen LogP contribution in [0.2, 0.25) is 0 Å². The number of hydrogen-bond donors (Lipinski definition) is 2. The summed E-state index contributed by atoms with van der Waals surface area (Å²) in [6, 6.07) is 13.5. The standard InChI is InChI=1S/C18H22N2O4S/c1-19-18(21)15-8-10-17(11-9-15)25(22,23)20-12-4-6-14-5-3-7-16(13-14)24-2/h3,5,7-11,13,20H,4,6,12H2,1-2H3,(H,19,21). The molecule has 25 heavy (non-hydrogen) atoms. The zero-order valence-electron chi connectivity index (χ0n) is 14.3. The van der Waals surface area contributed by atoms with Crippen LogP contribution in [0.1, 0.15) is 22.3 Å². The van der Waals surface area contributed by atoms with Crippen LogP contribution >= 0.6 is 0 Å². The summed E-state index contributed by atoms with van der Waals surface area (Å²) >= 11 is 0. The van der Waals surface area contributed by atoms with Crippen molar-refractivity contribution in [3.8, 4) is 5.75 Å². The number of sulfonamides is 1. The molecule has 2 N–H and O–H groups in total. The van der Waals surface area contributed by atoms with Crippen LogP contribution in [-0.2, 0) is 16.4 Å². The third-order valence-corrected chi connectivity index (χ3v) is 5.20. The van der Waals surface area contributed by atoms with Gasteiger partial charge in [0, 0.05) is 19.2 Å². The maximum atomic E-state index is 12.3. The first-order valence-corrected chi connectivity index (χ1v) is 9.39. The number of carbonyl (C=O) groups is 1. The Morgan fingerprint density at radius 3 is 2.48 bits per heavy atom. The van der Waals surface area contributed by atoms with Crippen LogP contribution in [0, 0.1) is 0 Å². The lowest BCUT2D eigenvalue weighted by molar-refractivity contribution is 0.0963. The van der Waals surface area contributed by atoms with Crippen LogP contribution in [-0.4, -0.2) is 35.0 Å². The first-order chi connectivity index (χ1) is 12.0. The molecule has 0 saturated carbocycles. The van der Waals surface area contributed by atoms with Gasteiger partial charge in [-0.25, -0.2) is 13.1 Å². The Morgan fingerprint density at radius 2 is 1.84 bits per heavy atom. The summed E-state index contributed by atoms with van der Waals surface area (Å²) in [4.78, 5) is 11.6. The number of benzene rings is 2. The van der Waals surface area contributed by atoms with Gasteiger partial charge >= 0.3 is 0 Å². The zero-order chi connectivity index (χ0) is 18.3. The second kappa shape index (κ2) is 8.64. The van der Waals surface area contributed by atoms with E-state index in [0.29, 0.717) is 18.5 Å². The first kappa shape index (κ1) is 19.0. The average Bonchev–Trinajstić information content (AvgIpc) is 2.65. The van der Waals surface area contributed by atoms with Crippen molar-refractivity contribution in [1.29, 1.82) is 0 Å². The van der Waals surface area contributed by atoms with Crippen molar-refractivity contribution >= 4 is 15.9 Å². The highest BCUT2D eigenvalue weighted by molar-refractivity contribution is 7.89. The molecule has 0 unspecified atom stereocenters. The molecule has 0 radical (unpaired) electrons. The SMILES string of the molecule is CNC(=O)c1ccc(S(=O)(=O)NCCCc2cccc(OC)c2)cc1. The summed E-state index contributed by atoms with van der Waals surface area (Å²) in [5, 5.41) is 2.49. The topological polar surface area (TPSA) is 84.5 Å². The van der Waals surface area contributed by atoms with Gasteiger partial charge in [0.15, 0.2) is 0 Å². The molecule has 0 atom stereocenters. The van der Waals surface area contributed by atoms with Gasteiger partial charge in [-0.2, -0.15) is 0 Å². The number of amides is 1. The number of methoxy groups -OCH3 is 1. The average molecular weight is 362 g/mol. The molecular weight excluding hydrogens is 340 g/mol. The van der Waals surface area contributed by atoms with Crippen LogP contribution < -0.4 is 14.8 Å². The van der Waals surface area contributed by atoms with Gasteiger partial charge in [-0.1, -0.05) is 12.1 Å². The molecule has 2 aromatic carbocycles. The zero-order valence-corrected chi connectivity index (χ0v) is 15.1. The molecule has 0 bridgehead atoms. The van der Waals surface area contributed by atoms with Gasteiger partial charge in [0.2, 0.25) is 10.0 Å². The van der Waals surface area contributed by atoms with Crippen LogP contribution in [0.15, 0.2) is 53.4 Å². The van der Waals surface area contributed by atoms with Gasteiger partial charge in [-0.05, 0) is 54.8 Å². The van der Waals surface area contributed by atoms with E-state index in [1.807, 2.05) is 24.3 Å². The van der Waals surface area contributed by atoms with Crippen molar-refractivity contribution in [1.82, 2.24) is 10.0 Å². The summed E-state index contributed by atoms with van der Waals surface area (Å²) in [6.07, 6.45) is 1.41. The highest BCUT2D eigenvalue weighted by atomic mass is 32.2. The molecule has 7 heteroatoms. The van der Waals surface area contributed by atoms with Gasteiger partial charge in [-0.15, -0.1) is 0 Å². The second-order valence-corrected chi connectivity index (χ2v) is 7.22. The number of aryl methyl sites for hydroxylation is 1. The number of ether oxygens (including phenoxy) is 1.